The van der Waals surface area contributed by atoms with Gasteiger partial charge in [-0.25, -0.2) is 13.6 Å². The summed E-state index contributed by atoms with van der Waals surface area (Å²) in [5.74, 6) is -1.17. The lowest BCUT2D eigenvalue weighted by Gasteiger charge is -2.36. The average molecular weight is 416 g/mol. The molecule has 3 amide bonds. The van der Waals surface area contributed by atoms with Crippen LogP contribution in [0.3, 0.4) is 0 Å². The summed E-state index contributed by atoms with van der Waals surface area (Å²) < 4.78 is 26.8. The number of aromatic nitrogens is 1. The number of piperidine rings is 1. The van der Waals surface area contributed by atoms with Crippen LogP contribution in [0.2, 0.25) is 0 Å². The molecule has 30 heavy (non-hydrogen) atoms. The van der Waals surface area contributed by atoms with Crippen molar-refractivity contribution in [2.45, 2.75) is 38.6 Å². The lowest BCUT2D eigenvalue weighted by Crippen LogP contribution is -2.48. The highest BCUT2D eigenvalue weighted by Gasteiger charge is 2.27. The van der Waals surface area contributed by atoms with E-state index in [2.05, 4.69) is 10.3 Å². The van der Waals surface area contributed by atoms with E-state index in [1.54, 1.807) is 24.1 Å². The number of carbonyl (C=O) groups excluding carboxylic acids is 2. The Balaban J connectivity index is 1.56. The van der Waals surface area contributed by atoms with Gasteiger partial charge < -0.3 is 15.1 Å². The second-order valence-electron chi connectivity index (χ2n) is 7.49. The number of halogens is 2. The maximum atomic E-state index is 13.4. The Morgan fingerprint density at radius 3 is 2.40 bits per heavy atom. The van der Waals surface area contributed by atoms with Gasteiger partial charge in [-0.2, -0.15) is 0 Å². The van der Waals surface area contributed by atoms with Crippen molar-refractivity contribution in [3.05, 3.63) is 48.2 Å². The number of likely N-dealkylation sites (tertiary alicyclic amines) is 1. The van der Waals surface area contributed by atoms with Crippen molar-refractivity contribution >= 4 is 17.6 Å². The number of pyridine rings is 1. The third kappa shape index (κ3) is 5.31. The smallest absolute Gasteiger partial charge is 0.321 e. The van der Waals surface area contributed by atoms with Gasteiger partial charge in [0.05, 0.1) is 17.6 Å². The van der Waals surface area contributed by atoms with Gasteiger partial charge in [0.2, 0.25) is 5.91 Å². The molecule has 0 unspecified atom stereocenters. The van der Waals surface area contributed by atoms with Crippen molar-refractivity contribution in [1.82, 2.24) is 14.8 Å². The van der Waals surface area contributed by atoms with E-state index in [-0.39, 0.29) is 18.0 Å². The van der Waals surface area contributed by atoms with Crippen molar-refractivity contribution in [2.24, 2.45) is 0 Å². The normalized spacial score (nSPS) is 14.5. The summed E-state index contributed by atoms with van der Waals surface area (Å²) in [6, 6.07) is 6.24. The Kier molecular flexibility index (Phi) is 6.97. The van der Waals surface area contributed by atoms with E-state index in [4.69, 9.17) is 0 Å². The summed E-state index contributed by atoms with van der Waals surface area (Å²) in [6.45, 7) is 3.30. The molecule has 0 saturated carbocycles. The molecule has 1 N–H and O–H groups in total. The molecular weight excluding hydrogens is 390 g/mol. The van der Waals surface area contributed by atoms with Crippen LogP contribution in [0.5, 0.6) is 0 Å². The van der Waals surface area contributed by atoms with E-state index in [1.807, 2.05) is 11.8 Å². The minimum atomic E-state index is -0.673. The molecule has 0 atom stereocenters. The van der Waals surface area contributed by atoms with Crippen LogP contribution in [0.1, 0.15) is 32.6 Å². The lowest BCUT2D eigenvalue weighted by molar-refractivity contribution is -0.132. The molecule has 2 heterocycles. The molecule has 1 aromatic carbocycles. The number of nitrogens with one attached hydrogen (secondary N) is 1. The Bertz CT molecular complexity index is 876. The fourth-order valence-electron chi connectivity index (χ4n) is 3.59. The van der Waals surface area contributed by atoms with Crippen LogP contribution in [-0.4, -0.2) is 52.9 Å². The summed E-state index contributed by atoms with van der Waals surface area (Å²) in [4.78, 5) is 32.3. The van der Waals surface area contributed by atoms with Crippen LogP contribution in [0, 0.1) is 11.6 Å². The molecule has 1 fully saturated rings. The molecule has 0 radical (unpaired) electrons. The highest BCUT2D eigenvalue weighted by Crippen LogP contribution is 2.22. The fraction of sp³-hybridized carbons (Fsp3) is 0.409. The average Bonchev–Trinajstić information content (AvgIpc) is 2.73. The van der Waals surface area contributed by atoms with Gasteiger partial charge in [-0.3, -0.25) is 9.78 Å². The molecule has 0 bridgehead atoms. The van der Waals surface area contributed by atoms with Gasteiger partial charge in [0, 0.05) is 44.2 Å². The molecule has 1 saturated heterocycles. The number of hydrogen-bond donors (Lipinski definition) is 1. The molecule has 0 aliphatic carbocycles. The third-order valence-corrected chi connectivity index (χ3v) is 5.32. The summed E-state index contributed by atoms with van der Waals surface area (Å²) in [5, 5.41) is 2.79. The highest BCUT2D eigenvalue weighted by atomic mass is 19.1. The minimum absolute atomic E-state index is 0.0539. The first-order valence-corrected chi connectivity index (χ1v) is 10.1. The van der Waals surface area contributed by atoms with Gasteiger partial charge in [-0.05, 0) is 43.5 Å². The Labute approximate surface area is 174 Å². The van der Waals surface area contributed by atoms with Gasteiger partial charge >= 0.3 is 6.03 Å². The summed E-state index contributed by atoms with van der Waals surface area (Å²) in [7, 11) is 1.74. The molecule has 2 aromatic rings. The van der Waals surface area contributed by atoms with E-state index in [1.165, 1.54) is 18.3 Å². The predicted molar refractivity (Wildman–Crippen MR) is 111 cm³/mol. The minimum Gasteiger partial charge on any atom is -0.343 e. The zero-order valence-corrected chi connectivity index (χ0v) is 17.2. The van der Waals surface area contributed by atoms with Crippen molar-refractivity contribution in [2.75, 3.05) is 25.5 Å². The highest BCUT2D eigenvalue weighted by molar-refractivity contribution is 5.89. The molecule has 0 spiro atoms. The van der Waals surface area contributed by atoms with E-state index in [0.29, 0.717) is 36.5 Å². The maximum absolute atomic E-state index is 13.4. The molecule has 1 aliphatic heterocycles. The number of amides is 3. The molecule has 160 valence electrons. The van der Waals surface area contributed by atoms with Crippen molar-refractivity contribution < 1.29 is 18.4 Å². The Hall–Kier alpha value is -3.03. The number of rotatable bonds is 5. The molecule has 1 aliphatic rings. The second kappa shape index (κ2) is 9.65. The van der Waals surface area contributed by atoms with E-state index in [0.717, 1.165) is 25.3 Å². The molecular formula is C22H26F2N4O2. The van der Waals surface area contributed by atoms with Crippen LogP contribution < -0.4 is 5.32 Å². The van der Waals surface area contributed by atoms with E-state index < -0.39 is 11.6 Å². The Morgan fingerprint density at radius 2 is 1.83 bits per heavy atom. The fourth-order valence-corrected chi connectivity index (χ4v) is 3.59. The first kappa shape index (κ1) is 21.7. The topological polar surface area (TPSA) is 65.5 Å². The first-order valence-electron chi connectivity index (χ1n) is 10.1. The van der Waals surface area contributed by atoms with Crippen molar-refractivity contribution in [1.29, 1.82) is 0 Å². The van der Waals surface area contributed by atoms with Gasteiger partial charge in [-0.15, -0.1) is 0 Å². The zero-order valence-electron chi connectivity index (χ0n) is 17.2. The van der Waals surface area contributed by atoms with Crippen molar-refractivity contribution in [3.8, 4) is 11.3 Å². The third-order valence-electron chi connectivity index (χ3n) is 5.32. The van der Waals surface area contributed by atoms with Gasteiger partial charge in [-0.1, -0.05) is 6.92 Å². The van der Waals surface area contributed by atoms with E-state index >= 15 is 0 Å². The van der Waals surface area contributed by atoms with Crippen LogP contribution in [0.4, 0.5) is 19.3 Å². The number of anilines is 1. The van der Waals surface area contributed by atoms with Gasteiger partial charge in [0.1, 0.15) is 11.6 Å². The molecule has 1 aromatic heterocycles. The number of benzene rings is 1. The van der Waals surface area contributed by atoms with Crippen LogP contribution in [0.15, 0.2) is 36.5 Å². The van der Waals surface area contributed by atoms with Crippen LogP contribution in [-0.2, 0) is 4.79 Å². The van der Waals surface area contributed by atoms with Crippen LogP contribution >= 0.6 is 0 Å². The number of urea groups is 1. The van der Waals surface area contributed by atoms with Crippen molar-refractivity contribution in [3.63, 3.8) is 0 Å². The first-order chi connectivity index (χ1) is 14.4. The lowest BCUT2D eigenvalue weighted by atomic mass is 10.0. The van der Waals surface area contributed by atoms with E-state index in [9.17, 15) is 18.4 Å². The van der Waals surface area contributed by atoms with Gasteiger partial charge in [0.25, 0.3) is 0 Å². The molecule has 6 nitrogen and oxygen atoms in total. The number of nitrogens with zero attached hydrogens (tertiary/aromatic N) is 3. The second-order valence-corrected chi connectivity index (χ2v) is 7.49. The maximum Gasteiger partial charge on any atom is 0.321 e. The van der Waals surface area contributed by atoms with Crippen LogP contribution in [0.25, 0.3) is 11.3 Å². The predicted octanol–water partition coefficient (Wildman–Crippen LogP) is 4.28. The molecule has 8 heteroatoms. The van der Waals surface area contributed by atoms with Gasteiger partial charge in [0.15, 0.2) is 0 Å². The zero-order chi connectivity index (χ0) is 21.7. The summed E-state index contributed by atoms with van der Waals surface area (Å²) >= 11 is 0. The number of carbonyl (C=O) groups is 2. The number of hydrogen-bond acceptors (Lipinski definition) is 3. The quantitative estimate of drug-likeness (QED) is 0.791. The molecule has 3 rings (SSSR count). The summed E-state index contributed by atoms with van der Waals surface area (Å²) in [5.41, 5.74) is 1.22. The Morgan fingerprint density at radius 1 is 1.17 bits per heavy atom. The monoisotopic (exact) mass is 416 g/mol. The largest absolute Gasteiger partial charge is 0.343 e. The SMILES string of the molecule is CCCC(=O)N1CCC(N(C)C(=O)Nc2ccc(-c3cc(F)cc(F)c3)nc2)CC1. The summed E-state index contributed by atoms with van der Waals surface area (Å²) in [6.07, 6.45) is 4.33. The standard InChI is InChI=1S/C22H26F2N4O2/c1-3-4-21(29)28-9-7-19(8-10-28)27(2)22(30)26-18-5-6-20(25-14-18)15-11-16(23)13-17(24)12-15/h5-6,11-14,19H,3-4,7-10H2,1-2H3,(H,26,30).